The van der Waals surface area contributed by atoms with E-state index in [2.05, 4.69) is 6.58 Å². The third kappa shape index (κ3) is 2.16. The summed E-state index contributed by atoms with van der Waals surface area (Å²) < 4.78 is 16.3. The van der Waals surface area contributed by atoms with Crippen LogP contribution in [-0.2, 0) is 23.8 Å². The van der Waals surface area contributed by atoms with Crippen LogP contribution in [0.3, 0.4) is 0 Å². The van der Waals surface area contributed by atoms with Crippen molar-refractivity contribution in [3.63, 3.8) is 0 Å². The molecule has 0 spiro atoms. The van der Waals surface area contributed by atoms with E-state index in [1.165, 1.54) is 14.0 Å². The highest BCUT2D eigenvalue weighted by Crippen LogP contribution is 2.64. The summed E-state index contributed by atoms with van der Waals surface area (Å²) in [5, 5.41) is 10.6. The maximum Gasteiger partial charge on any atom is 0.336 e. The minimum atomic E-state index is -1.06. The molecule has 6 unspecified atom stereocenters. The first-order valence-corrected chi connectivity index (χ1v) is 8.16. The van der Waals surface area contributed by atoms with Crippen molar-refractivity contribution in [1.29, 1.82) is 0 Å². The van der Waals surface area contributed by atoms with Gasteiger partial charge < -0.3 is 19.3 Å². The predicted molar refractivity (Wildman–Crippen MR) is 84.9 cm³/mol. The highest BCUT2D eigenvalue weighted by atomic mass is 16.7. The van der Waals surface area contributed by atoms with Gasteiger partial charge in [-0.3, -0.25) is 4.79 Å². The van der Waals surface area contributed by atoms with E-state index in [9.17, 15) is 14.7 Å². The van der Waals surface area contributed by atoms with Crippen molar-refractivity contribution in [2.75, 3.05) is 7.11 Å². The van der Waals surface area contributed by atoms with Crippen LogP contribution in [0.4, 0.5) is 0 Å². The molecule has 1 saturated carbocycles. The average molecular weight is 336 g/mol. The fourth-order valence-electron chi connectivity index (χ4n) is 4.61. The number of fused-ring (bicyclic) bond motifs is 2. The third-order valence-corrected chi connectivity index (χ3v) is 5.93. The van der Waals surface area contributed by atoms with Crippen LogP contribution >= 0.6 is 0 Å². The number of esters is 2. The molecule has 1 saturated heterocycles. The van der Waals surface area contributed by atoms with E-state index in [-0.39, 0.29) is 17.6 Å². The highest BCUT2D eigenvalue weighted by Gasteiger charge is 2.75. The van der Waals surface area contributed by atoms with Gasteiger partial charge >= 0.3 is 11.9 Å². The lowest BCUT2D eigenvalue weighted by Gasteiger charge is -2.51. The Bertz CT molecular complexity index is 637. The number of epoxide rings is 1. The molecule has 6 heteroatoms. The highest BCUT2D eigenvalue weighted by molar-refractivity contribution is 5.91. The number of ether oxygens (including phenoxy) is 3. The molecule has 1 aliphatic heterocycles. The number of methoxy groups -OCH3 is 1. The molecule has 0 radical (unpaired) electrons. The van der Waals surface area contributed by atoms with E-state index in [1.807, 2.05) is 19.9 Å². The topological polar surface area (TPSA) is 85.4 Å². The SMILES string of the molecule is C=C(C(=O)OC)C12OC1CC1(C)C(O)CC=C(C)C1C2OC(C)=O. The lowest BCUT2D eigenvalue weighted by atomic mass is 9.55. The van der Waals surface area contributed by atoms with Crippen LogP contribution in [0.25, 0.3) is 0 Å². The van der Waals surface area contributed by atoms with E-state index < -0.39 is 35.2 Å². The summed E-state index contributed by atoms with van der Waals surface area (Å²) in [7, 11) is 1.28. The summed E-state index contributed by atoms with van der Waals surface area (Å²) in [6, 6.07) is 0. The van der Waals surface area contributed by atoms with Gasteiger partial charge in [-0.2, -0.15) is 0 Å². The first-order valence-electron chi connectivity index (χ1n) is 8.16. The molecular weight excluding hydrogens is 312 g/mol. The molecule has 6 atom stereocenters. The molecule has 2 fully saturated rings. The lowest BCUT2D eigenvalue weighted by molar-refractivity contribution is -0.162. The molecule has 1 heterocycles. The van der Waals surface area contributed by atoms with Crippen molar-refractivity contribution in [2.45, 2.75) is 57.5 Å². The van der Waals surface area contributed by atoms with Gasteiger partial charge in [0.25, 0.3) is 0 Å². The van der Waals surface area contributed by atoms with E-state index in [4.69, 9.17) is 14.2 Å². The normalized spacial score (nSPS) is 43.0. The Hall–Kier alpha value is -1.66. The third-order valence-electron chi connectivity index (χ3n) is 5.93. The molecule has 6 nitrogen and oxygen atoms in total. The Morgan fingerprint density at radius 2 is 2.12 bits per heavy atom. The van der Waals surface area contributed by atoms with Crippen LogP contribution in [0.2, 0.25) is 0 Å². The Morgan fingerprint density at radius 3 is 2.71 bits per heavy atom. The molecule has 132 valence electrons. The number of hydrogen-bond donors (Lipinski definition) is 1. The second kappa shape index (κ2) is 5.43. The fraction of sp³-hybridized carbons (Fsp3) is 0.667. The Labute approximate surface area is 141 Å². The molecule has 2 aliphatic carbocycles. The summed E-state index contributed by atoms with van der Waals surface area (Å²) in [6.45, 7) is 9.13. The smallest absolute Gasteiger partial charge is 0.336 e. The monoisotopic (exact) mass is 336 g/mol. The van der Waals surface area contributed by atoms with Crippen molar-refractivity contribution in [2.24, 2.45) is 11.3 Å². The molecule has 0 bridgehead atoms. The standard InChI is InChI=1S/C18H24O6/c1-9-6-7-12(20)17(4)8-13-18(24-13,10(2)16(21)22-5)15(14(9)17)23-11(3)19/h6,12-15,20H,2,7-8H2,1,3-5H3. The number of hydrogen-bond acceptors (Lipinski definition) is 6. The van der Waals surface area contributed by atoms with Crippen molar-refractivity contribution in [1.82, 2.24) is 0 Å². The maximum atomic E-state index is 12.1. The van der Waals surface area contributed by atoms with Gasteiger partial charge in [0, 0.05) is 18.3 Å². The van der Waals surface area contributed by atoms with E-state index >= 15 is 0 Å². The van der Waals surface area contributed by atoms with Crippen molar-refractivity contribution >= 4 is 11.9 Å². The van der Waals surface area contributed by atoms with Gasteiger partial charge in [-0.15, -0.1) is 0 Å². The largest absolute Gasteiger partial charge is 0.466 e. The van der Waals surface area contributed by atoms with Crippen LogP contribution in [-0.4, -0.2) is 48.1 Å². The van der Waals surface area contributed by atoms with Crippen molar-refractivity contribution in [3.8, 4) is 0 Å². The van der Waals surface area contributed by atoms with Crippen LogP contribution in [0, 0.1) is 11.3 Å². The molecule has 1 N–H and O–H groups in total. The van der Waals surface area contributed by atoms with Gasteiger partial charge in [0.1, 0.15) is 6.10 Å². The number of aliphatic hydroxyl groups excluding tert-OH is 1. The second-order valence-corrected chi connectivity index (χ2v) is 7.29. The summed E-state index contributed by atoms with van der Waals surface area (Å²) in [5.41, 5.74) is -0.356. The zero-order chi connectivity index (χ0) is 17.9. The zero-order valence-electron chi connectivity index (χ0n) is 14.5. The van der Waals surface area contributed by atoms with Gasteiger partial charge in [0.15, 0.2) is 5.60 Å². The van der Waals surface area contributed by atoms with Crippen LogP contribution < -0.4 is 0 Å². The van der Waals surface area contributed by atoms with E-state index in [0.29, 0.717) is 12.8 Å². The molecule has 24 heavy (non-hydrogen) atoms. The van der Waals surface area contributed by atoms with Gasteiger partial charge in [0.2, 0.25) is 0 Å². The minimum absolute atomic E-state index is 0.163. The molecule has 3 rings (SSSR count). The lowest BCUT2D eigenvalue weighted by Crippen LogP contribution is -2.59. The van der Waals surface area contributed by atoms with Gasteiger partial charge in [0.05, 0.1) is 24.9 Å². The summed E-state index contributed by atoms with van der Waals surface area (Å²) in [6.07, 6.45) is 1.50. The van der Waals surface area contributed by atoms with E-state index in [1.54, 1.807) is 0 Å². The van der Waals surface area contributed by atoms with Crippen LogP contribution in [0.1, 0.15) is 33.6 Å². The summed E-state index contributed by atoms with van der Waals surface area (Å²) in [4.78, 5) is 23.8. The minimum Gasteiger partial charge on any atom is -0.466 e. The van der Waals surface area contributed by atoms with Crippen LogP contribution in [0.5, 0.6) is 0 Å². The first kappa shape index (κ1) is 17.2. The second-order valence-electron chi connectivity index (χ2n) is 7.29. The summed E-state index contributed by atoms with van der Waals surface area (Å²) >= 11 is 0. The predicted octanol–water partition coefficient (Wildman–Crippen LogP) is 1.52. The van der Waals surface area contributed by atoms with Gasteiger partial charge in [-0.1, -0.05) is 25.2 Å². The Kier molecular flexibility index (Phi) is 3.88. The number of rotatable bonds is 3. The van der Waals surface area contributed by atoms with Crippen LogP contribution in [0.15, 0.2) is 23.8 Å². The molecule has 0 amide bonds. The van der Waals surface area contributed by atoms with Gasteiger partial charge in [-0.25, -0.2) is 4.79 Å². The molecule has 0 aromatic heterocycles. The summed E-state index contributed by atoms with van der Waals surface area (Å²) in [5.74, 6) is -1.27. The number of aliphatic hydroxyl groups is 1. The number of carbonyl (C=O) groups excluding carboxylic acids is 2. The van der Waals surface area contributed by atoms with Crippen molar-refractivity contribution in [3.05, 3.63) is 23.8 Å². The molecule has 0 aromatic rings. The number of carbonyl (C=O) groups is 2. The van der Waals surface area contributed by atoms with E-state index in [0.717, 1.165) is 5.57 Å². The fourth-order valence-corrected chi connectivity index (χ4v) is 4.61. The molecular formula is C18H24O6. The maximum absolute atomic E-state index is 12.1. The Morgan fingerprint density at radius 1 is 1.46 bits per heavy atom. The quantitative estimate of drug-likeness (QED) is 0.364. The van der Waals surface area contributed by atoms with Gasteiger partial charge in [-0.05, 0) is 19.8 Å². The molecule has 0 aromatic carbocycles. The Balaban J connectivity index is 2.08. The zero-order valence-corrected chi connectivity index (χ0v) is 14.5. The average Bonchev–Trinajstić information content (AvgIpc) is 3.24. The van der Waals surface area contributed by atoms with Crippen molar-refractivity contribution < 1.29 is 28.9 Å². The molecule has 3 aliphatic rings. The first-order chi connectivity index (χ1) is 11.2.